The van der Waals surface area contributed by atoms with Gasteiger partial charge in [0.15, 0.2) is 0 Å². The Bertz CT molecular complexity index is 142. The maximum Gasteiger partial charge on any atom is 0.104 e. The highest BCUT2D eigenvalue weighted by Gasteiger charge is 2.25. The van der Waals surface area contributed by atoms with E-state index in [1.54, 1.807) is 6.34 Å². The molecule has 2 nitrogen and oxygen atoms in total. The Labute approximate surface area is 61.7 Å². The molecule has 55 valence electrons. The lowest BCUT2D eigenvalue weighted by molar-refractivity contribution is 0.298. The van der Waals surface area contributed by atoms with Crippen LogP contribution in [-0.2, 0) is 0 Å². The summed E-state index contributed by atoms with van der Waals surface area (Å²) in [5.41, 5.74) is 0. The molecule has 0 aromatic heterocycles. The molecule has 0 N–H and O–H groups in total. The summed E-state index contributed by atoms with van der Waals surface area (Å²) in [7, 11) is 0. The van der Waals surface area contributed by atoms with E-state index >= 15 is 0 Å². The van der Waals surface area contributed by atoms with Crippen molar-refractivity contribution in [2.24, 2.45) is 10.9 Å². The quantitative estimate of drug-likeness (QED) is 0.479. The molecular weight excluding hydrogens is 124 g/mol. The molecule has 2 aliphatic rings. The van der Waals surface area contributed by atoms with Gasteiger partial charge < -0.3 is 0 Å². The third-order valence-corrected chi connectivity index (χ3v) is 2.55. The van der Waals surface area contributed by atoms with E-state index in [9.17, 15) is 0 Å². The van der Waals surface area contributed by atoms with E-state index in [4.69, 9.17) is 0 Å². The molecule has 1 radical (unpaired) electrons. The molecule has 2 rings (SSSR count). The predicted octanol–water partition coefficient (Wildman–Crippen LogP) is 1.19. The van der Waals surface area contributed by atoms with Crippen molar-refractivity contribution in [3.05, 3.63) is 0 Å². The first-order valence-electron chi connectivity index (χ1n) is 4.15. The van der Waals surface area contributed by atoms with Crippen LogP contribution in [0.3, 0.4) is 0 Å². The standard InChI is InChI=1S/C8H13N2/c1-2-4-8-7(3-1)5-9-6-10-8/h6-8H,1-5H2. The summed E-state index contributed by atoms with van der Waals surface area (Å²) in [6, 6.07) is 0.631. The van der Waals surface area contributed by atoms with Crippen LogP contribution >= 0.6 is 0 Å². The van der Waals surface area contributed by atoms with E-state index in [2.05, 4.69) is 10.3 Å². The van der Waals surface area contributed by atoms with Crippen molar-refractivity contribution < 1.29 is 0 Å². The molecule has 1 fully saturated rings. The molecule has 0 spiro atoms. The van der Waals surface area contributed by atoms with Gasteiger partial charge in [-0.25, -0.2) is 0 Å². The minimum atomic E-state index is 0.631. The molecule has 2 heteroatoms. The molecular formula is C8H13N2. The molecule has 2 atom stereocenters. The van der Waals surface area contributed by atoms with Crippen molar-refractivity contribution in [2.45, 2.75) is 31.7 Å². The fraction of sp³-hybridized carbons (Fsp3) is 0.875. The van der Waals surface area contributed by atoms with Crippen LogP contribution in [0.25, 0.3) is 0 Å². The normalized spacial score (nSPS) is 38.4. The van der Waals surface area contributed by atoms with Gasteiger partial charge in [-0.15, -0.1) is 0 Å². The molecule has 0 aromatic carbocycles. The topological polar surface area (TPSA) is 26.5 Å². The Kier molecular flexibility index (Phi) is 1.61. The molecule has 1 heterocycles. The Hall–Kier alpha value is -0.530. The van der Waals surface area contributed by atoms with Crippen LogP contribution in [-0.4, -0.2) is 18.9 Å². The Morgan fingerprint density at radius 3 is 3.00 bits per heavy atom. The highest BCUT2D eigenvalue weighted by molar-refractivity contribution is 5.55. The fourth-order valence-corrected chi connectivity index (χ4v) is 1.91. The van der Waals surface area contributed by atoms with Gasteiger partial charge >= 0.3 is 0 Å². The molecule has 0 saturated heterocycles. The minimum absolute atomic E-state index is 0.631. The van der Waals surface area contributed by atoms with Crippen molar-refractivity contribution >= 4 is 6.34 Å². The second-order valence-corrected chi connectivity index (χ2v) is 3.24. The molecule has 0 amide bonds. The summed E-state index contributed by atoms with van der Waals surface area (Å²) in [5.74, 6) is 0.791. The van der Waals surface area contributed by atoms with Gasteiger partial charge in [-0.05, 0) is 12.8 Å². The minimum Gasteiger partial charge on any atom is -0.274 e. The number of nitrogens with zero attached hydrogens (tertiary/aromatic N) is 2. The van der Waals surface area contributed by atoms with E-state index in [0.29, 0.717) is 6.04 Å². The van der Waals surface area contributed by atoms with Gasteiger partial charge in [-0.2, -0.15) is 0 Å². The zero-order valence-electron chi connectivity index (χ0n) is 6.16. The maximum atomic E-state index is 4.36. The summed E-state index contributed by atoms with van der Waals surface area (Å²) < 4.78 is 0. The summed E-state index contributed by atoms with van der Waals surface area (Å²) in [6.07, 6.45) is 7.18. The number of fused-ring (bicyclic) bond motifs is 1. The largest absolute Gasteiger partial charge is 0.274 e. The third kappa shape index (κ3) is 1.02. The van der Waals surface area contributed by atoms with Crippen molar-refractivity contribution in [1.29, 1.82) is 0 Å². The lowest BCUT2D eigenvalue weighted by atomic mass is 9.84. The van der Waals surface area contributed by atoms with Crippen molar-refractivity contribution in [3.63, 3.8) is 0 Å². The fourth-order valence-electron chi connectivity index (χ4n) is 1.91. The molecule has 1 saturated carbocycles. The number of rotatable bonds is 0. The smallest absolute Gasteiger partial charge is 0.104 e. The molecule has 0 aromatic rings. The first-order valence-corrected chi connectivity index (χ1v) is 4.15. The van der Waals surface area contributed by atoms with E-state index in [0.717, 1.165) is 12.5 Å². The number of hydrogen-bond donors (Lipinski definition) is 0. The predicted molar refractivity (Wildman–Crippen MR) is 41.2 cm³/mol. The zero-order valence-corrected chi connectivity index (χ0v) is 6.16. The van der Waals surface area contributed by atoms with Gasteiger partial charge in [0.25, 0.3) is 0 Å². The van der Waals surface area contributed by atoms with Crippen molar-refractivity contribution in [1.82, 2.24) is 5.32 Å². The first kappa shape index (κ1) is 6.20. The summed E-state index contributed by atoms with van der Waals surface area (Å²) in [4.78, 5) is 4.36. The summed E-state index contributed by atoms with van der Waals surface area (Å²) >= 11 is 0. The van der Waals surface area contributed by atoms with Crippen LogP contribution in [0, 0.1) is 5.92 Å². The van der Waals surface area contributed by atoms with Crippen LogP contribution in [0.2, 0.25) is 0 Å². The maximum absolute atomic E-state index is 4.36. The highest BCUT2D eigenvalue weighted by atomic mass is 15.0. The van der Waals surface area contributed by atoms with Gasteiger partial charge in [-0.1, -0.05) is 12.8 Å². The summed E-state index contributed by atoms with van der Waals surface area (Å²) in [5, 5.41) is 4.17. The number of aliphatic imine (C=N–C) groups is 1. The van der Waals surface area contributed by atoms with Crippen LogP contribution < -0.4 is 5.32 Å². The van der Waals surface area contributed by atoms with E-state index in [1.807, 2.05) is 0 Å². The van der Waals surface area contributed by atoms with Gasteiger partial charge in [0.05, 0.1) is 6.04 Å². The van der Waals surface area contributed by atoms with E-state index in [1.165, 1.54) is 25.7 Å². The molecule has 1 aliphatic heterocycles. The average Bonchev–Trinajstić information content (AvgIpc) is 2.05. The molecule has 0 bridgehead atoms. The van der Waals surface area contributed by atoms with Crippen LogP contribution in [0.15, 0.2) is 4.99 Å². The highest BCUT2D eigenvalue weighted by Crippen LogP contribution is 2.27. The van der Waals surface area contributed by atoms with Gasteiger partial charge in [0, 0.05) is 12.5 Å². The molecule has 10 heavy (non-hydrogen) atoms. The first-order chi connectivity index (χ1) is 4.97. The monoisotopic (exact) mass is 137 g/mol. The third-order valence-electron chi connectivity index (χ3n) is 2.55. The molecule has 2 unspecified atom stereocenters. The van der Waals surface area contributed by atoms with E-state index in [-0.39, 0.29) is 0 Å². The zero-order chi connectivity index (χ0) is 6.81. The Morgan fingerprint density at radius 2 is 2.10 bits per heavy atom. The molecule has 1 aliphatic carbocycles. The second-order valence-electron chi connectivity index (χ2n) is 3.24. The van der Waals surface area contributed by atoms with Crippen molar-refractivity contribution in [3.8, 4) is 0 Å². The second kappa shape index (κ2) is 2.60. The average molecular weight is 137 g/mol. The Balaban J connectivity index is 2.03. The summed E-state index contributed by atoms with van der Waals surface area (Å²) in [6.45, 7) is 1.04. The SMILES string of the molecule is C1=NC2CCCCC2C[N]1. The van der Waals surface area contributed by atoms with Crippen LogP contribution in [0.5, 0.6) is 0 Å². The van der Waals surface area contributed by atoms with Crippen LogP contribution in [0.1, 0.15) is 25.7 Å². The lowest BCUT2D eigenvalue weighted by Crippen LogP contribution is -2.34. The van der Waals surface area contributed by atoms with Gasteiger partial charge in [0.2, 0.25) is 0 Å². The number of hydrogen-bond acceptors (Lipinski definition) is 1. The van der Waals surface area contributed by atoms with E-state index < -0.39 is 0 Å². The van der Waals surface area contributed by atoms with Crippen molar-refractivity contribution in [2.75, 3.05) is 6.54 Å². The van der Waals surface area contributed by atoms with Gasteiger partial charge in [-0.3, -0.25) is 10.3 Å². The van der Waals surface area contributed by atoms with Crippen LogP contribution in [0.4, 0.5) is 0 Å². The Morgan fingerprint density at radius 1 is 1.20 bits per heavy atom. The lowest BCUT2D eigenvalue weighted by Gasteiger charge is -2.30. The van der Waals surface area contributed by atoms with Gasteiger partial charge in [0.1, 0.15) is 6.34 Å².